The minimum Gasteiger partial charge on any atom is -0.332 e. The van der Waals surface area contributed by atoms with Crippen LogP contribution >= 0.6 is 0 Å². The summed E-state index contributed by atoms with van der Waals surface area (Å²) in [5.41, 5.74) is 1.40. The highest BCUT2D eigenvalue weighted by Crippen LogP contribution is 2.34. The molecule has 0 N–H and O–H groups in total. The van der Waals surface area contributed by atoms with Gasteiger partial charge in [0.15, 0.2) is 0 Å². The number of fused-ring (bicyclic) bond motifs is 1. The van der Waals surface area contributed by atoms with Crippen LogP contribution < -0.4 is 0 Å². The Kier molecular flexibility index (Phi) is 1.10. The van der Waals surface area contributed by atoms with E-state index in [1.807, 2.05) is 12.5 Å². The summed E-state index contributed by atoms with van der Waals surface area (Å²) in [5.74, 6) is 0.706. The molecule has 2 unspecified atom stereocenters. The number of imidazole rings is 1. The number of hydrogen-bond acceptors (Lipinski definition) is 1. The standard InChI is InChI=1S/C8H12N2/c1-6-3-7(2)10-5-9-4-8(6)10/h4-7H,3H2,1-2H3. The maximum Gasteiger partial charge on any atom is 0.0950 e. The Balaban J connectivity index is 2.48. The first-order valence-corrected chi connectivity index (χ1v) is 3.80. The minimum absolute atomic E-state index is 0.660. The minimum atomic E-state index is 0.660. The number of hydrogen-bond donors (Lipinski definition) is 0. The van der Waals surface area contributed by atoms with Gasteiger partial charge in [-0.15, -0.1) is 0 Å². The Morgan fingerprint density at radius 2 is 2.40 bits per heavy atom. The largest absolute Gasteiger partial charge is 0.332 e. The fourth-order valence-corrected chi connectivity index (χ4v) is 1.81. The molecule has 0 bridgehead atoms. The molecule has 2 rings (SSSR count). The van der Waals surface area contributed by atoms with Crippen LogP contribution in [-0.2, 0) is 0 Å². The topological polar surface area (TPSA) is 17.8 Å². The average molecular weight is 136 g/mol. The molecule has 2 heterocycles. The van der Waals surface area contributed by atoms with Crippen molar-refractivity contribution in [3.63, 3.8) is 0 Å². The van der Waals surface area contributed by atoms with Crippen molar-refractivity contribution >= 4 is 0 Å². The summed E-state index contributed by atoms with van der Waals surface area (Å²) in [5, 5.41) is 0. The molecule has 0 fully saturated rings. The Labute approximate surface area is 60.9 Å². The third-order valence-corrected chi connectivity index (χ3v) is 2.37. The van der Waals surface area contributed by atoms with E-state index in [1.165, 1.54) is 12.1 Å². The Hall–Kier alpha value is -0.790. The zero-order valence-electron chi connectivity index (χ0n) is 6.41. The van der Waals surface area contributed by atoms with Crippen LogP contribution in [0.4, 0.5) is 0 Å². The molecule has 1 aliphatic rings. The highest BCUT2D eigenvalue weighted by molar-refractivity contribution is 5.11. The molecule has 0 spiro atoms. The third kappa shape index (κ3) is 0.618. The SMILES string of the molecule is CC1CC(C)n2cncc21. The van der Waals surface area contributed by atoms with E-state index < -0.39 is 0 Å². The van der Waals surface area contributed by atoms with Gasteiger partial charge in [-0.1, -0.05) is 6.92 Å². The first kappa shape index (κ1) is 5.96. The van der Waals surface area contributed by atoms with Crippen LogP contribution in [0.25, 0.3) is 0 Å². The lowest BCUT2D eigenvalue weighted by molar-refractivity contribution is 0.556. The van der Waals surface area contributed by atoms with Gasteiger partial charge in [0.25, 0.3) is 0 Å². The summed E-state index contributed by atoms with van der Waals surface area (Å²) < 4.78 is 2.27. The fraction of sp³-hybridized carbons (Fsp3) is 0.625. The van der Waals surface area contributed by atoms with Crippen LogP contribution in [0.3, 0.4) is 0 Å². The molecule has 0 saturated carbocycles. The summed E-state index contributed by atoms with van der Waals surface area (Å²) in [7, 11) is 0. The highest BCUT2D eigenvalue weighted by Gasteiger charge is 2.23. The van der Waals surface area contributed by atoms with Crippen molar-refractivity contribution in [1.29, 1.82) is 0 Å². The molecule has 1 aromatic rings. The van der Waals surface area contributed by atoms with Gasteiger partial charge in [0.1, 0.15) is 0 Å². The van der Waals surface area contributed by atoms with Gasteiger partial charge in [-0.2, -0.15) is 0 Å². The van der Waals surface area contributed by atoms with Gasteiger partial charge in [-0.25, -0.2) is 4.98 Å². The molecule has 10 heavy (non-hydrogen) atoms. The zero-order chi connectivity index (χ0) is 7.14. The van der Waals surface area contributed by atoms with Crippen molar-refractivity contribution < 1.29 is 0 Å². The van der Waals surface area contributed by atoms with Crippen LogP contribution in [0.5, 0.6) is 0 Å². The predicted octanol–water partition coefficient (Wildman–Crippen LogP) is 1.95. The van der Waals surface area contributed by atoms with E-state index in [2.05, 4.69) is 23.4 Å². The summed E-state index contributed by atoms with van der Waals surface area (Å²) in [4.78, 5) is 4.11. The first-order chi connectivity index (χ1) is 4.79. The number of aromatic nitrogens is 2. The lowest BCUT2D eigenvalue weighted by atomic mass is 10.1. The van der Waals surface area contributed by atoms with Gasteiger partial charge in [0.2, 0.25) is 0 Å². The van der Waals surface area contributed by atoms with Crippen molar-refractivity contribution in [2.24, 2.45) is 0 Å². The van der Waals surface area contributed by atoms with E-state index in [9.17, 15) is 0 Å². The van der Waals surface area contributed by atoms with E-state index in [1.54, 1.807) is 0 Å². The van der Waals surface area contributed by atoms with E-state index in [0.29, 0.717) is 12.0 Å². The molecule has 1 aliphatic heterocycles. The zero-order valence-corrected chi connectivity index (χ0v) is 6.41. The molecule has 2 heteroatoms. The third-order valence-electron chi connectivity index (χ3n) is 2.37. The fourth-order valence-electron chi connectivity index (χ4n) is 1.81. The first-order valence-electron chi connectivity index (χ1n) is 3.80. The van der Waals surface area contributed by atoms with Crippen LogP contribution in [0, 0.1) is 0 Å². The quantitative estimate of drug-likeness (QED) is 0.533. The Bertz CT molecular complexity index is 217. The van der Waals surface area contributed by atoms with Crippen LogP contribution in [-0.4, -0.2) is 9.55 Å². The lowest BCUT2D eigenvalue weighted by Gasteiger charge is -2.02. The van der Waals surface area contributed by atoms with Crippen molar-refractivity contribution in [3.8, 4) is 0 Å². The molecule has 0 aliphatic carbocycles. The molecule has 0 aromatic carbocycles. The second-order valence-electron chi connectivity index (χ2n) is 3.21. The van der Waals surface area contributed by atoms with E-state index in [4.69, 9.17) is 0 Å². The van der Waals surface area contributed by atoms with Crippen molar-refractivity contribution in [2.45, 2.75) is 32.2 Å². The smallest absolute Gasteiger partial charge is 0.0950 e. The number of nitrogens with zero attached hydrogens (tertiary/aromatic N) is 2. The maximum absolute atomic E-state index is 4.11. The second kappa shape index (κ2) is 1.84. The van der Waals surface area contributed by atoms with Gasteiger partial charge in [0, 0.05) is 17.9 Å². The second-order valence-corrected chi connectivity index (χ2v) is 3.21. The predicted molar refractivity (Wildman–Crippen MR) is 40.0 cm³/mol. The highest BCUT2D eigenvalue weighted by atomic mass is 15.1. The molecule has 2 nitrogen and oxygen atoms in total. The molecule has 0 radical (unpaired) electrons. The van der Waals surface area contributed by atoms with Crippen molar-refractivity contribution in [1.82, 2.24) is 9.55 Å². The molecular formula is C8H12N2. The molecular weight excluding hydrogens is 124 g/mol. The van der Waals surface area contributed by atoms with Gasteiger partial charge in [-0.3, -0.25) is 0 Å². The molecule has 0 saturated heterocycles. The maximum atomic E-state index is 4.11. The van der Waals surface area contributed by atoms with Gasteiger partial charge < -0.3 is 4.57 Å². The van der Waals surface area contributed by atoms with E-state index in [-0.39, 0.29) is 0 Å². The average Bonchev–Trinajstić information content (AvgIpc) is 2.39. The van der Waals surface area contributed by atoms with E-state index in [0.717, 1.165) is 0 Å². The monoisotopic (exact) mass is 136 g/mol. The van der Waals surface area contributed by atoms with Crippen LogP contribution in [0.2, 0.25) is 0 Å². The van der Waals surface area contributed by atoms with E-state index >= 15 is 0 Å². The summed E-state index contributed by atoms with van der Waals surface area (Å²) in [6.45, 7) is 4.51. The molecule has 0 amide bonds. The Morgan fingerprint density at radius 1 is 1.60 bits per heavy atom. The lowest BCUT2D eigenvalue weighted by Crippen LogP contribution is -1.95. The molecule has 2 atom stereocenters. The van der Waals surface area contributed by atoms with Gasteiger partial charge in [0.05, 0.1) is 6.33 Å². The molecule has 1 aromatic heterocycles. The number of rotatable bonds is 0. The van der Waals surface area contributed by atoms with Crippen molar-refractivity contribution in [3.05, 3.63) is 18.2 Å². The van der Waals surface area contributed by atoms with Gasteiger partial charge in [-0.05, 0) is 19.3 Å². The Morgan fingerprint density at radius 3 is 3.10 bits per heavy atom. The van der Waals surface area contributed by atoms with Crippen molar-refractivity contribution in [2.75, 3.05) is 0 Å². The molecule has 54 valence electrons. The summed E-state index contributed by atoms with van der Waals surface area (Å²) in [6.07, 6.45) is 5.19. The van der Waals surface area contributed by atoms with Crippen LogP contribution in [0.1, 0.15) is 37.9 Å². The summed E-state index contributed by atoms with van der Waals surface area (Å²) in [6, 6.07) is 0.660. The normalized spacial score (nSPS) is 30.6. The van der Waals surface area contributed by atoms with Gasteiger partial charge >= 0.3 is 0 Å². The summed E-state index contributed by atoms with van der Waals surface area (Å²) >= 11 is 0. The van der Waals surface area contributed by atoms with Crippen LogP contribution in [0.15, 0.2) is 12.5 Å².